The third-order valence-electron chi connectivity index (χ3n) is 6.85. The number of nitrogens with zero attached hydrogens (tertiary/aromatic N) is 3. The van der Waals surface area contributed by atoms with Gasteiger partial charge in [0, 0.05) is 49.6 Å². The molecule has 1 saturated heterocycles. The van der Waals surface area contributed by atoms with E-state index < -0.39 is 0 Å². The minimum Gasteiger partial charge on any atom is -0.381 e. The minimum absolute atomic E-state index is 0.0306. The molecule has 1 aromatic carbocycles. The quantitative estimate of drug-likeness (QED) is 0.332. The summed E-state index contributed by atoms with van der Waals surface area (Å²) < 4.78 is 4.94. The number of nitrogens with one attached hydrogen (secondary N) is 4. The fraction of sp³-hybridized carbons (Fsp3) is 0.333. The number of hydrogen-bond acceptors (Lipinski definition) is 7. The molecule has 0 spiro atoms. The Hall–Kier alpha value is -4.18. The highest BCUT2D eigenvalue weighted by molar-refractivity contribution is 6.00. The van der Waals surface area contributed by atoms with Crippen molar-refractivity contribution in [3.63, 3.8) is 0 Å². The highest BCUT2D eigenvalue weighted by atomic mass is 16.5. The maximum Gasteiger partial charge on any atom is 0.259 e. The first-order valence-corrected chi connectivity index (χ1v) is 12.6. The Kier molecular flexibility index (Phi) is 6.09. The van der Waals surface area contributed by atoms with E-state index >= 15 is 0 Å². The molecule has 4 aromatic rings. The molecule has 2 aliphatic heterocycles. The van der Waals surface area contributed by atoms with E-state index in [9.17, 15) is 9.59 Å². The number of benzene rings is 1. The van der Waals surface area contributed by atoms with E-state index in [-0.39, 0.29) is 17.4 Å². The highest BCUT2D eigenvalue weighted by Gasteiger charge is 2.30. The molecule has 0 radical (unpaired) electrons. The van der Waals surface area contributed by atoms with Crippen LogP contribution in [0.1, 0.15) is 31.4 Å². The van der Waals surface area contributed by atoms with Crippen molar-refractivity contribution < 1.29 is 9.53 Å². The second-order valence-corrected chi connectivity index (χ2v) is 9.65. The molecule has 3 aliphatic rings. The number of H-pyrrole nitrogens is 2. The van der Waals surface area contributed by atoms with Crippen molar-refractivity contribution >= 4 is 39.7 Å². The summed E-state index contributed by atoms with van der Waals surface area (Å²) in [5.41, 5.74) is 5.91. The number of fused-ring (bicyclic) bond motifs is 4. The van der Waals surface area contributed by atoms with Gasteiger partial charge in [-0.15, -0.1) is 0 Å². The van der Waals surface area contributed by atoms with Crippen LogP contribution in [0.5, 0.6) is 0 Å². The Balaban J connectivity index is 0.000000453. The van der Waals surface area contributed by atoms with Crippen LogP contribution in [0.15, 0.2) is 47.5 Å². The van der Waals surface area contributed by atoms with Gasteiger partial charge in [-0.25, -0.2) is 4.98 Å². The molecule has 4 N–H and O–H groups in total. The third kappa shape index (κ3) is 4.67. The summed E-state index contributed by atoms with van der Waals surface area (Å²) in [5.74, 6) is 0.455. The topological polar surface area (TPSA) is 128 Å². The zero-order valence-electron chi connectivity index (χ0n) is 20.6. The molecule has 0 unspecified atom stereocenters. The van der Waals surface area contributed by atoms with Crippen LogP contribution >= 0.6 is 0 Å². The van der Waals surface area contributed by atoms with E-state index in [0.717, 1.165) is 54.3 Å². The lowest BCUT2D eigenvalue weighted by atomic mass is 9.98. The summed E-state index contributed by atoms with van der Waals surface area (Å²) >= 11 is 0. The molecule has 2 fully saturated rings. The third-order valence-corrected chi connectivity index (χ3v) is 6.85. The van der Waals surface area contributed by atoms with E-state index in [4.69, 9.17) is 4.74 Å². The van der Waals surface area contributed by atoms with Gasteiger partial charge in [-0.3, -0.25) is 14.7 Å². The molecule has 0 atom stereocenters. The van der Waals surface area contributed by atoms with Gasteiger partial charge in [0.1, 0.15) is 5.82 Å². The summed E-state index contributed by atoms with van der Waals surface area (Å²) in [6, 6.07) is 9.47. The maximum atomic E-state index is 12.7. The van der Waals surface area contributed by atoms with Gasteiger partial charge in [0.25, 0.3) is 5.56 Å². The number of pyridine rings is 2. The zero-order valence-corrected chi connectivity index (χ0v) is 20.6. The molecule has 5 heterocycles. The lowest BCUT2D eigenvalue weighted by Crippen LogP contribution is -2.22. The Morgan fingerprint density at radius 3 is 2.73 bits per heavy atom. The van der Waals surface area contributed by atoms with E-state index in [1.54, 1.807) is 18.3 Å². The van der Waals surface area contributed by atoms with Gasteiger partial charge in [0.15, 0.2) is 0 Å². The monoisotopic (exact) mass is 499 g/mol. The molecule has 37 heavy (non-hydrogen) atoms. The number of para-hydroxylation sites is 1. The molecule has 3 aromatic heterocycles. The Labute approximate surface area is 213 Å². The number of ether oxygens (including phenoxy) is 1. The van der Waals surface area contributed by atoms with Gasteiger partial charge in [-0.1, -0.05) is 12.1 Å². The average molecular weight is 500 g/mol. The number of amides is 1. The molecule has 10 heteroatoms. The first kappa shape index (κ1) is 23.2. The van der Waals surface area contributed by atoms with Crippen LogP contribution in [0.2, 0.25) is 0 Å². The standard InChI is InChI=1S/C23H21N7O2.C4H8O/c1-30-11-18-14(10-25-29-18)13-3-2-4-16(21(13)30)26-17-9-19(28-22(31)12-5-6-12)27-15-7-8-24-23(32)20(15)17;1-2-4-5-3-1/h2-4,7-10,12H,5-6,11H2,1H3,(H,24,32)(H,25,29)(H2,26,27,28,31);1-4H2. The Morgan fingerprint density at radius 1 is 1.14 bits per heavy atom. The van der Waals surface area contributed by atoms with Crippen LogP contribution < -0.4 is 21.1 Å². The summed E-state index contributed by atoms with van der Waals surface area (Å²) in [6.45, 7) is 2.70. The molecule has 7 rings (SSSR count). The van der Waals surface area contributed by atoms with Crippen molar-refractivity contribution in [3.05, 3.63) is 58.8 Å². The average Bonchev–Trinajstić information content (AvgIpc) is 3.33. The van der Waals surface area contributed by atoms with Gasteiger partial charge < -0.3 is 25.3 Å². The zero-order chi connectivity index (χ0) is 25.4. The number of anilines is 4. The van der Waals surface area contributed by atoms with Crippen molar-refractivity contribution in [2.24, 2.45) is 5.92 Å². The maximum absolute atomic E-state index is 12.7. The molecular formula is C27H29N7O3. The van der Waals surface area contributed by atoms with Crippen molar-refractivity contribution in [3.8, 4) is 11.1 Å². The van der Waals surface area contributed by atoms with Crippen molar-refractivity contribution in [2.75, 3.05) is 35.8 Å². The number of carbonyl (C=O) groups is 1. The predicted octanol–water partition coefficient (Wildman–Crippen LogP) is 4.15. The van der Waals surface area contributed by atoms with Gasteiger partial charge in [-0.2, -0.15) is 5.10 Å². The van der Waals surface area contributed by atoms with Crippen molar-refractivity contribution in [1.82, 2.24) is 20.2 Å². The van der Waals surface area contributed by atoms with Gasteiger partial charge >= 0.3 is 0 Å². The van der Waals surface area contributed by atoms with Crippen LogP contribution in [0, 0.1) is 5.92 Å². The van der Waals surface area contributed by atoms with Crippen LogP contribution in [0.25, 0.3) is 22.0 Å². The van der Waals surface area contributed by atoms with E-state index in [1.807, 2.05) is 25.4 Å². The Morgan fingerprint density at radius 2 is 1.97 bits per heavy atom. The Bertz CT molecular complexity index is 1510. The summed E-state index contributed by atoms with van der Waals surface area (Å²) in [6.07, 6.45) is 7.76. The first-order chi connectivity index (χ1) is 18.1. The van der Waals surface area contributed by atoms with Crippen molar-refractivity contribution in [2.45, 2.75) is 32.2 Å². The molecule has 1 amide bonds. The molecular weight excluding hydrogens is 470 g/mol. The largest absolute Gasteiger partial charge is 0.381 e. The molecule has 0 bridgehead atoms. The predicted molar refractivity (Wildman–Crippen MR) is 143 cm³/mol. The van der Waals surface area contributed by atoms with Gasteiger partial charge in [0.05, 0.1) is 46.4 Å². The second-order valence-electron chi connectivity index (χ2n) is 9.65. The highest BCUT2D eigenvalue weighted by Crippen LogP contribution is 2.43. The number of carbonyl (C=O) groups excluding carboxylic acids is 1. The van der Waals surface area contributed by atoms with Gasteiger partial charge in [0.2, 0.25) is 5.91 Å². The molecule has 190 valence electrons. The number of hydrogen-bond donors (Lipinski definition) is 4. The SMILES string of the molecule is C1CCOC1.CN1Cc2[nH]ncc2-c2cccc(Nc3cc(NC(=O)C4CC4)nc4cc[nH]c(=O)c34)c21. The molecule has 10 nitrogen and oxygen atoms in total. The van der Waals surface area contributed by atoms with Gasteiger partial charge in [-0.05, 0) is 37.8 Å². The lowest BCUT2D eigenvalue weighted by molar-refractivity contribution is -0.117. The fourth-order valence-electron chi connectivity index (χ4n) is 4.84. The summed E-state index contributed by atoms with van der Waals surface area (Å²) in [5, 5.41) is 14.0. The van der Waals surface area contributed by atoms with Crippen LogP contribution in [-0.2, 0) is 16.1 Å². The normalized spacial score (nSPS) is 16.0. The molecule has 1 aliphatic carbocycles. The summed E-state index contributed by atoms with van der Waals surface area (Å²) in [7, 11) is 2.02. The first-order valence-electron chi connectivity index (χ1n) is 12.6. The smallest absolute Gasteiger partial charge is 0.259 e. The second kappa shape index (κ2) is 9.70. The van der Waals surface area contributed by atoms with Crippen LogP contribution in [0.3, 0.4) is 0 Å². The number of aromatic nitrogens is 4. The van der Waals surface area contributed by atoms with E-state index in [0.29, 0.717) is 29.0 Å². The molecule has 1 saturated carbocycles. The van der Waals surface area contributed by atoms with Crippen LogP contribution in [-0.4, -0.2) is 46.3 Å². The lowest BCUT2D eigenvalue weighted by Gasteiger charge is -2.30. The van der Waals surface area contributed by atoms with Crippen LogP contribution in [0.4, 0.5) is 22.9 Å². The number of aromatic amines is 2. The van der Waals surface area contributed by atoms with E-state index in [1.165, 1.54) is 12.8 Å². The van der Waals surface area contributed by atoms with E-state index in [2.05, 4.69) is 41.8 Å². The number of rotatable bonds is 4. The minimum atomic E-state index is -0.243. The van der Waals surface area contributed by atoms with Crippen molar-refractivity contribution in [1.29, 1.82) is 0 Å². The summed E-state index contributed by atoms with van der Waals surface area (Å²) in [4.78, 5) is 34.4. The fourth-order valence-corrected chi connectivity index (χ4v) is 4.84.